The van der Waals surface area contributed by atoms with Gasteiger partial charge in [-0.05, 0) is 61.6 Å². The number of H-pyrrole nitrogens is 1. The van der Waals surface area contributed by atoms with Crippen molar-refractivity contribution in [2.75, 3.05) is 6.61 Å². The van der Waals surface area contributed by atoms with Crippen LogP contribution in [0.3, 0.4) is 0 Å². The van der Waals surface area contributed by atoms with Gasteiger partial charge in [0.05, 0.1) is 17.7 Å². The highest BCUT2D eigenvalue weighted by Gasteiger charge is 2.41. The van der Waals surface area contributed by atoms with Gasteiger partial charge in [-0.3, -0.25) is 14.5 Å². The van der Waals surface area contributed by atoms with Gasteiger partial charge in [0.25, 0.3) is 11.8 Å². The summed E-state index contributed by atoms with van der Waals surface area (Å²) in [5.74, 6) is 0.573. The molecule has 1 atom stereocenters. The molecule has 5 nitrogen and oxygen atoms in total. The van der Waals surface area contributed by atoms with Crippen LogP contribution in [-0.2, 0) is 12.8 Å². The molecule has 1 N–H and O–H groups in total. The molecule has 1 aromatic heterocycles. The highest BCUT2D eigenvalue weighted by Crippen LogP contribution is 2.35. The Labute approximate surface area is 201 Å². The Morgan fingerprint density at radius 3 is 2.38 bits per heavy atom. The molecule has 1 aliphatic carbocycles. The number of amides is 2. The van der Waals surface area contributed by atoms with E-state index >= 15 is 0 Å². The quantitative estimate of drug-likeness (QED) is 0.280. The van der Waals surface area contributed by atoms with Gasteiger partial charge in [0.15, 0.2) is 0 Å². The lowest BCUT2D eigenvalue weighted by Gasteiger charge is -2.29. The van der Waals surface area contributed by atoms with E-state index in [0.29, 0.717) is 17.5 Å². The van der Waals surface area contributed by atoms with Crippen molar-refractivity contribution in [1.82, 2.24) is 9.88 Å². The maximum absolute atomic E-state index is 13.0. The predicted molar refractivity (Wildman–Crippen MR) is 135 cm³/mol. The van der Waals surface area contributed by atoms with Gasteiger partial charge >= 0.3 is 0 Å². The van der Waals surface area contributed by atoms with Crippen molar-refractivity contribution in [2.45, 2.75) is 77.2 Å². The normalized spacial score (nSPS) is 17.3. The molecular formula is C29H34N2O3. The molecule has 0 bridgehead atoms. The molecule has 0 saturated carbocycles. The van der Waals surface area contributed by atoms with E-state index in [0.717, 1.165) is 42.5 Å². The second-order valence-corrected chi connectivity index (χ2v) is 9.68. The van der Waals surface area contributed by atoms with Crippen molar-refractivity contribution in [3.8, 4) is 5.75 Å². The summed E-state index contributed by atoms with van der Waals surface area (Å²) in [4.78, 5) is 31.0. The molecule has 1 unspecified atom stereocenters. The summed E-state index contributed by atoms with van der Waals surface area (Å²) in [6, 6.07) is 13.3. The van der Waals surface area contributed by atoms with Crippen LogP contribution < -0.4 is 4.74 Å². The van der Waals surface area contributed by atoms with Gasteiger partial charge in [0.2, 0.25) is 0 Å². The first-order chi connectivity index (χ1) is 16.7. The van der Waals surface area contributed by atoms with Crippen LogP contribution in [0.2, 0.25) is 0 Å². The lowest BCUT2D eigenvalue weighted by molar-refractivity contribution is 0.0571. The van der Waals surface area contributed by atoms with Crippen molar-refractivity contribution in [1.29, 1.82) is 0 Å². The number of hydrogen-bond donors (Lipinski definition) is 1. The van der Waals surface area contributed by atoms with Gasteiger partial charge in [0, 0.05) is 22.6 Å². The first kappa shape index (κ1) is 22.7. The van der Waals surface area contributed by atoms with Gasteiger partial charge in [-0.15, -0.1) is 0 Å². The molecule has 0 radical (unpaired) electrons. The number of fused-ring (bicyclic) bond motifs is 4. The molecule has 2 aliphatic rings. The minimum Gasteiger partial charge on any atom is -0.494 e. The van der Waals surface area contributed by atoms with Crippen LogP contribution in [-0.4, -0.2) is 34.3 Å². The second kappa shape index (κ2) is 10.0. The number of aromatic nitrogens is 1. The summed E-state index contributed by atoms with van der Waals surface area (Å²) in [7, 11) is 0. The Kier molecular flexibility index (Phi) is 6.70. The van der Waals surface area contributed by atoms with E-state index in [1.165, 1.54) is 54.7 Å². The van der Waals surface area contributed by atoms with Crippen LogP contribution in [0, 0.1) is 0 Å². The van der Waals surface area contributed by atoms with Crippen molar-refractivity contribution in [3.63, 3.8) is 0 Å². The molecule has 0 saturated heterocycles. The number of carbonyl (C=O) groups is 2. The van der Waals surface area contributed by atoms with E-state index in [4.69, 9.17) is 4.74 Å². The Bertz CT molecular complexity index is 1160. The van der Waals surface area contributed by atoms with Crippen LogP contribution in [0.15, 0.2) is 42.5 Å². The summed E-state index contributed by atoms with van der Waals surface area (Å²) in [6.45, 7) is 2.99. The average Bonchev–Trinajstić information content (AvgIpc) is 3.35. The molecular weight excluding hydrogens is 424 g/mol. The largest absolute Gasteiger partial charge is 0.494 e. The van der Waals surface area contributed by atoms with E-state index in [-0.39, 0.29) is 17.9 Å². The molecule has 5 heteroatoms. The van der Waals surface area contributed by atoms with Crippen LogP contribution in [0.1, 0.15) is 90.3 Å². The van der Waals surface area contributed by atoms with Gasteiger partial charge in [-0.25, -0.2) is 0 Å². The van der Waals surface area contributed by atoms with Crippen LogP contribution in [0.4, 0.5) is 0 Å². The predicted octanol–water partition coefficient (Wildman–Crippen LogP) is 6.45. The maximum Gasteiger partial charge on any atom is 0.261 e. The van der Waals surface area contributed by atoms with Crippen LogP contribution >= 0.6 is 0 Å². The summed E-state index contributed by atoms with van der Waals surface area (Å²) < 4.78 is 6.07. The topological polar surface area (TPSA) is 62.4 Å². The summed E-state index contributed by atoms with van der Waals surface area (Å²) in [5, 5.41) is 1.15. The fourth-order valence-electron chi connectivity index (χ4n) is 5.48. The van der Waals surface area contributed by atoms with E-state index < -0.39 is 0 Å². The van der Waals surface area contributed by atoms with Crippen molar-refractivity contribution in [2.24, 2.45) is 0 Å². The monoisotopic (exact) mass is 458 g/mol. The Hall–Kier alpha value is -3.08. The molecule has 2 heterocycles. The third-order valence-electron chi connectivity index (χ3n) is 7.34. The molecule has 178 valence electrons. The molecule has 2 amide bonds. The van der Waals surface area contributed by atoms with Crippen molar-refractivity contribution < 1.29 is 14.3 Å². The molecule has 3 aromatic rings. The third kappa shape index (κ3) is 4.36. The minimum absolute atomic E-state index is 0.115. The van der Waals surface area contributed by atoms with Crippen molar-refractivity contribution >= 4 is 22.7 Å². The number of rotatable bonds is 10. The number of nitrogens with zero attached hydrogens (tertiary/aromatic N) is 1. The fraction of sp³-hybridized carbons (Fsp3) is 0.448. The number of aromatic amines is 1. The zero-order valence-corrected chi connectivity index (χ0v) is 20.1. The SMILES string of the molecule is CCCCCCCCCOc1ccc2[nH]c3c(c2c1)CC(N1C(=O)c2ccccc2C1=O)CC3. The number of ether oxygens (including phenoxy) is 1. The fourth-order valence-corrected chi connectivity index (χ4v) is 5.48. The third-order valence-corrected chi connectivity index (χ3v) is 7.34. The van der Waals surface area contributed by atoms with E-state index in [1.807, 2.05) is 18.2 Å². The van der Waals surface area contributed by atoms with Gasteiger partial charge in [-0.2, -0.15) is 0 Å². The maximum atomic E-state index is 13.0. The van der Waals surface area contributed by atoms with Gasteiger partial charge in [0.1, 0.15) is 5.75 Å². The lowest BCUT2D eigenvalue weighted by Crippen LogP contribution is -2.43. The molecule has 5 rings (SSSR count). The number of hydrogen-bond acceptors (Lipinski definition) is 3. The lowest BCUT2D eigenvalue weighted by atomic mass is 9.90. The van der Waals surface area contributed by atoms with E-state index in [1.54, 1.807) is 12.1 Å². The molecule has 2 aromatic carbocycles. The highest BCUT2D eigenvalue weighted by molar-refractivity contribution is 6.21. The molecule has 1 aliphatic heterocycles. The molecule has 34 heavy (non-hydrogen) atoms. The summed E-state index contributed by atoms with van der Waals surface area (Å²) in [6.07, 6.45) is 11.2. The van der Waals surface area contributed by atoms with Crippen molar-refractivity contribution in [3.05, 3.63) is 64.8 Å². The summed E-state index contributed by atoms with van der Waals surface area (Å²) in [5.41, 5.74) is 4.57. The second-order valence-electron chi connectivity index (χ2n) is 9.68. The van der Waals surface area contributed by atoms with Gasteiger partial charge in [-0.1, -0.05) is 57.6 Å². The highest BCUT2D eigenvalue weighted by atomic mass is 16.5. The zero-order valence-electron chi connectivity index (χ0n) is 20.1. The molecule has 0 fully saturated rings. The number of aryl methyl sites for hydroxylation is 1. The van der Waals surface area contributed by atoms with Gasteiger partial charge < -0.3 is 9.72 Å². The van der Waals surface area contributed by atoms with Crippen LogP contribution in [0.5, 0.6) is 5.75 Å². The number of carbonyl (C=O) groups excluding carboxylic acids is 2. The van der Waals surface area contributed by atoms with Crippen LogP contribution in [0.25, 0.3) is 10.9 Å². The first-order valence-corrected chi connectivity index (χ1v) is 12.9. The summed E-state index contributed by atoms with van der Waals surface area (Å²) >= 11 is 0. The Morgan fingerprint density at radius 1 is 0.941 bits per heavy atom. The van der Waals surface area contributed by atoms with E-state index in [2.05, 4.69) is 24.0 Å². The standard InChI is InChI=1S/C29H34N2O3/c1-2-3-4-5-6-7-10-17-34-21-14-16-27-25(19-21)24-18-20(13-15-26(24)30-27)31-28(32)22-11-8-9-12-23(22)29(31)33/h8-9,11-12,14,16,19-20,30H,2-7,10,13,15,17-18H2,1H3. The minimum atomic E-state index is -0.160. The smallest absolute Gasteiger partial charge is 0.261 e. The number of imide groups is 1. The Morgan fingerprint density at radius 2 is 1.65 bits per heavy atom. The number of benzene rings is 2. The Balaban J connectivity index is 1.25. The number of nitrogens with one attached hydrogen (secondary N) is 1. The number of unbranched alkanes of at least 4 members (excludes halogenated alkanes) is 6. The first-order valence-electron chi connectivity index (χ1n) is 12.9. The average molecular weight is 459 g/mol. The van der Waals surface area contributed by atoms with E-state index in [9.17, 15) is 9.59 Å². The molecule has 0 spiro atoms. The zero-order chi connectivity index (χ0) is 23.5.